The Hall–Kier alpha value is -2.09. The average Bonchev–Trinajstić information content (AvgIpc) is 2.66. The largest absolute Gasteiger partial charge is 0.496 e. The first kappa shape index (κ1) is 20.2. The van der Waals surface area contributed by atoms with Gasteiger partial charge < -0.3 is 9.47 Å². The third-order valence-electron chi connectivity index (χ3n) is 4.01. The van der Waals surface area contributed by atoms with E-state index in [4.69, 9.17) is 9.47 Å². The van der Waals surface area contributed by atoms with E-state index in [1.165, 1.54) is 5.56 Å². The smallest absolute Gasteiger partial charge is 0.277 e. The lowest BCUT2D eigenvalue weighted by Gasteiger charge is -2.10. The molecule has 0 unspecified atom stereocenters. The summed E-state index contributed by atoms with van der Waals surface area (Å²) in [6.45, 7) is 4.26. The van der Waals surface area contributed by atoms with Gasteiger partial charge in [0.1, 0.15) is 11.5 Å². The number of amides is 1. The molecule has 26 heavy (non-hydrogen) atoms. The molecule has 2 aromatic rings. The number of hydrogen-bond donors (Lipinski definition) is 1. The predicted octanol–water partition coefficient (Wildman–Crippen LogP) is 4.34. The second kappa shape index (κ2) is 10.2. The first-order chi connectivity index (χ1) is 12.5. The Morgan fingerprint density at radius 3 is 2.62 bits per heavy atom. The van der Waals surface area contributed by atoms with Crippen molar-refractivity contribution in [2.75, 3.05) is 13.7 Å². The molecule has 0 saturated carbocycles. The molecule has 1 atom stereocenters. The monoisotopic (exact) mass is 466 g/mol. The van der Waals surface area contributed by atoms with Gasteiger partial charge in [0.05, 0.1) is 16.9 Å². The molecular weight excluding hydrogens is 443 g/mol. The number of ether oxygens (including phenoxy) is 2. The van der Waals surface area contributed by atoms with E-state index in [9.17, 15) is 4.79 Å². The van der Waals surface area contributed by atoms with Gasteiger partial charge in [-0.2, -0.15) is 5.10 Å². The molecule has 0 radical (unpaired) electrons. The van der Waals surface area contributed by atoms with Gasteiger partial charge in [-0.05, 0) is 76.4 Å². The number of rotatable bonds is 8. The van der Waals surface area contributed by atoms with Crippen molar-refractivity contribution in [1.82, 2.24) is 5.43 Å². The quantitative estimate of drug-likeness (QED) is 0.358. The van der Waals surface area contributed by atoms with Crippen molar-refractivity contribution in [3.63, 3.8) is 0 Å². The van der Waals surface area contributed by atoms with Crippen LogP contribution in [0.3, 0.4) is 0 Å². The number of nitrogens with zero attached hydrogens (tertiary/aromatic N) is 1. The zero-order valence-electron chi connectivity index (χ0n) is 15.2. The van der Waals surface area contributed by atoms with Gasteiger partial charge in [-0.3, -0.25) is 4.79 Å². The van der Waals surface area contributed by atoms with E-state index >= 15 is 0 Å². The number of nitrogens with one attached hydrogen (secondary N) is 1. The second-order valence-electron chi connectivity index (χ2n) is 5.85. The molecule has 0 aromatic heterocycles. The molecule has 138 valence electrons. The predicted molar refractivity (Wildman–Crippen MR) is 112 cm³/mol. The highest BCUT2D eigenvalue weighted by molar-refractivity contribution is 14.1. The molecule has 1 N–H and O–H groups in total. The molecule has 0 heterocycles. The maximum absolute atomic E-state index is 11.8. The van der Waals surface area contributed by atoms with Crippen molar-refractivity contribution in [3.05, 3.63) is 57.2 Å². The van der Waals surface area contributed by atoms with Crippen LogP contribution in [0.1, 0.15) is 37.3 Å². The zero-order valence-corrected chi connectivity index (χ0v) is 17.3. The molecule has 0 spiro atoms. The van der Waals surface area contributed by atoms with Crippen molar-refractivity contribution >= 4 is 34.7 Å². The third kappa shape index (κ3) is 6.01. The van der Waals surface area contributed by atoms with Gasteiger partial charge in [0.2, 0.25) is 0 Å². The average molecular weight is 466 g/mol. The van der Waals surface area contributed by atoms with Gasteiger partial charge in [-0.15, -0.1) is 0 Å². The molecule has 0 aliphatic heterocycles. The van der Waals surface area contributed by atoms with Crippen molar-refractivity contribution in [2.24, 2.45) is 5.10 Å². The standard InChI is InChI=1S/C20H23IN2O3/c1-4-14(2)16-6-8-17(9-7-16)26-13-20(24)23-22-12-15-5-10-19(25-3)18(21)11-15/h5-12,14H,4,13H2,1-3H3,(H,23,24)/t14-/m1/s1. The van der Waals surface area contributed by atoms with Crippen LogP contribution in [0.5, 0.6) is 11.5 Å². The SMILES string of the molecule is CC[C@@H](C)c1ccc(OCC(=O)NN=Cc2ccc(OC)c(I)c2)cc1. The number of carbonyl (C=O) groups excluding carboxylic acids is 1. The highest BCUT2D eigenvalue weighted by Crippen LogP contribution is 2.22. The summed E-state index contributed by atoms with van der Waals surface area (Å²) in [5, 5.41) is 3.95. The van der Waals surface area contributed by atoms with Crippen LogP contribution < -0.4 is 14.9 Å². The van der Waals surface area contributed by atoms with Crippen molar-refractivity contribution in [1.29, 1.82) is 0 Å². The van der Waals surface area contributed by atoms with Gasteiger partial charge >= 0.3 is 0 Å². The maximum Gasteiger partial charge on any atom is 0.277 e. The molecule has 0 aliphatic carbocycles. The molecule has 0 saturated heterocycles. The first-order valence-corrected chi connectivity index (χ1v) is 9.49. The fourth-order valence-electron chi connectivity index (χ4n) is 2.25. The number of methoxy groups -OCH3 is 1. The Bertz CT molecular complexity index is 760. The first-order valence-electron chi connectivity index (χ1n) is 8.41. The lowest BCUT2D eigenvalue weighted by molar-refractivity contribution is -0.123. The van der Waals surface area contributed by atoms with Crippen LogP contribution in [0, 0.1) is 3.57 Å². The Morgan fingerprint density at radius 1 is 1.27 bits per heavy atom. The molecule has 2 aromatic carbocycles. The molecular formula is C20H23IN2O3. The molecule has 0 fully saturated rings. The summed E-state index contributed by atoms with van der Waals surface area (Å²) < 4.78 is 11.7. The summed E-state index contributed by atoms with van der Waals surface area (Å²) >= 11 is 2.19. The maximum atomic E-state index is 11.8. The van der Waals surface area contributed by atoms with Crippen molar-refractivity contribution in [2.45, 2.75) is 26.2 Å². The van der Waals surface area contributed by atoms with Crippen molar-refractivity contribution < 1.29 is 14.3 Å². The van der Waals surface area contributed by atoms with Crippen LogP contribution in [0.15, 0.2) is 47.6 Å². The second-order valence-corrected chi connectivity index (χ2v) is 7.02. The summed E-state index contributed by atoms with van der Waals surface area (Å²) in [5.41, 5.74) is 4.60. The summed E-state index contributed by atoms with van der Waals surface area (Å²) in [6, 6.07) is 13.5. The normalized spacial score (nSPS) is 12.0. The number of hydrogen-bond acceptors (Lipinski definition) is 4. The fraction of sp³-hybridized carbons (Fsp3) is 0.300. The minimum absolute atomic E-state index is 0.0832. The molecule has 1 amide bonds. The van der Waals surface area contributed by atoms with E-state index in [1.807, 2.05) is 42.5 Å². The van der Waals surface area contributed by atoms with Crippen LogP contribution in [-0.2, 0) is 4.79 Å². The molecule has 2 rings (SSSR count). The lowest BCUT2D eigenvalue weighted by Crippen LogP contribution is -2.24. The van der Waals surface area contributed by atoms with Crippen LogP contribution >= 0.6 is 22.6 Å². The van der Waals surface area contributed by atoms with E-state index < -0.39 is 0 Å². The van der Waals surface area contributed by atoms with Crippen molar-refractivity contribution in [3.8, 4) is 11.5 Å². The van der Waals surface area contributed by atoms with Crippen LogP contribution in [0.2, 0.25) is 0 Å². The number of benzene rings is 2. The minimum Gasteiger partial charge on any atom is -0.496 e. The molecule has 6 heteroatoms. The molecule has 0 aliphatic rings. The highest BCUT2D eigenvalue weighted by Gasteiger charge is 2.05. The minimum atomic E-state index is -0.310. The van der Waals surface area contributed by atoms with E-state index in [0.29, 0.717) is 11.7 Å². The number of hydrazone groups is 1. The van der Waals surface area contributed by atoms with Crippen LogP contribution in [-0.4, -0.2) is 25.8 Å². The van der Waals surface area contributed by atoms with E-state index in [0.717, 1.165) is 21.3 Å². The van der Waals surface area contributed by atoms with E-state index in [-0.39, 0.29) is 12.5 Å². The van der Waals surface area contributed by atoms with Crippen LogP contribution in [0.25, 0.3) is 0 Å². The summed E-state index contributed by atoms with van der Waals surface area (Å²) in [6.07, 6.45) is 2.67. The zero-order chi connectivity index (χ0) is 18.9. The summed E-state index contributed by atoms with van der Waals surface area (Å²) in [7, 11) is 1.63. The third-order valence-corrected chi connectivity index (χ3v) is 4.85. The highest BCUT2D eigenvalue weighted by atomic mass is 127. The topological polar surface area (TPSA) is 59.9 Å². The lowest BCUT2D eigenvalue weighted by atomic mass is 9.99. The van der Waals surface area contributed by atoms with Gasteiger partial charge in [0, 0.05) is 0 Å². The summed E-state index contributed by atoms with van der Waals surface area (Å²) in [5.74, 6) is 1.68. The Labute approximate surface area is 167 Å². The van der Waals surface area contributed by atoms with E-state index in [2.05, 4.69) is 47.0 Å². The van der Waals surface area contributed by atoms with Gasteiger partial charge in [-0.1, -0.05) is 26.0 Å². The Kier molecular flexibility index (Phi) is 7.90. The van der Waals surface area contributed by atoms with Gasteiger partial charge in [-0.25, -0.2) is 5.43 Å². The number of carbonyl (C=O) groups is 1. The van der Waals surface area contributed by atoms with E-state index in [1.54, 1.807) is 13.3 Å². The fourth-order valence-corrected chi connectivity index (χ4v) is 3.01. The summed E-state index contributed by atoms with van der Waals surface area (Å²) in [4.78, 5) is 11.8. The molecule has 5 nitrogen and oxygen atoms in total. The van der Waals surface area contributed by atoms with Crippen LogP contribution in [0.4, 0.5) is 0 Å². The Morgan fingerprint density at radius 2 is 2.00 bits per heavy atom. The molecule has 0 bridgehead atoms. The van der Waals surface area contributed by atoms with Gasteiger partial charge in [0.25, 0.3) is 5.91 Å². The number of halogens is 1. The Balaban J connectivity index is 1.80. The van der Waals surface area contributed by atoms with Gasteiger partial charge in [0.15, 0.2) is 6.61 Å².